The summed E-state index contributed by atoms with van der Waals surface area (Å²) < 4.78 is 9.50. The maximum Gasteiger partial charge on any atom is 0.164 e. The number of hydrogen-bond acceptors (Lipinski definition) is 6. The number of hydrogen-bond donors (Lipinski definition) is 0. The molecule has 0 radical (unpaired) electrons. The fraction of sp³-hybridized carbons (Fsp3) is 0. The van der Waals surface area contributed by atoms with Gasteiger partial charge >= 0.3 is 0 Å². The number of aromatic nitrogens is 10. The van der Waals surface area contributed by atoms with Crippen molar-refractivity contribution in [2.24, 2.45) is 0 Å². The molecule has 0 unspecified atom stereocenters. The standard InChI is InChI=1S/2C57H37N5/c1-4-14-40(15-5-1)55-58-56(41-16-6-2-7-17-41)60-57(59-55)42-26-24-38(25-27-42)43-30-35-54-50(36-43)48-21-11-13-23-52(48)62(54)46-32-28-39(29-33-46)44-31-34-53-49(37-44)47-20-10-12-22-51(47)61(53)45-18-8-3-9-19-45;1-4-14-40(15-5-1)55-58-56(41-16-6-2-7-17-41)60-57(59-55)42-26-24-38(25-27-42)43-31-35-53-50(36-43)48-21-11-13-23-52(48)61(53)46-32-28-39(29-33-46)44-30-34-49-47-20-10-12-22-51(47)62(54(49)37-44)45-18-8-3-9-19-45/h2*1-37H. The van der Waals surface area contributed by atoms with Crippen molar-refractivity contribution in [2.45, 2.75) is 0 Å². The van der Waals surface area contributed by atoms with Crippen LogP contribution in [0.5, 0.6) is 0 Å². The first-order chi connectivity index (χ1) is 61.5. The first-order valence-electron chi connectivity index (χ1n) is 41.9. The van der Waals surface area contributed by atoms with Gasteiger partial charge in [-0.3, -0.25) is 0 Å². The van der Waals surface area contributed by atoms with Crippen LogP contribution < -0.4 is 0 Å². The van der Waals surface area contributed by atoms with Gasteiger partial charge in [-0.1, -0.05) is 334 Å². The maximum absolute atomic E-state index is 4.94. The number of benzene rings is 18. The zero-order valence-electron chi connectivity index (χ0n) is 67.2. The van der Waals surface area contributed by atoms with E-state index in [1.165, 1.54) is 115 Å². The molecule has 0 amide bonds. The van der Waals surface area contributed by atoms with Crippen molar-refractivity contribution in [2.75, 3.05) is 0 Å². The summed E-state index contributed by atoms with van der Waals surface area (Å²) in [6.45, 7) is 0. The predicted octanol–water partition coefficient (Wildman–Crippen LogP) is 28.8. The second-order valence-electron chi connectivity index (χ2n) is 31.3. The van der Waals surface area contributed by atoms with E-state index in [2.05, 4.69) is 346 Å². The van der Waals surface area contributed by atoms with Gasteiger partial charge in [0.1, 0.15) is 0 Å². The largest absolute Gasteiger partial charge is 0.309 e. The van der Waals surface area contributed by atoms with E-state index in [4.69, 9.17) is 29.9 Å². The third-order valence-electron chi connectivity index (χ3n) is 24.0. The molecule has 0 bridgehead atoms. The first-order valence-corrected chi connectivity index (χ1v) is 41.9. The van der Waals surface area contributed by atoms with E-state index >= 15 is 0 Å². The van der Waals surface area contributed by atoms with E-state index in [0.717, 1.165) is 72.7 Å². The normalized spacial score (nSPS) is 11.5. The average molecular weight is 1580 g/mol. The lowest BCUT2D eigenvalue weighted by Crippen LogP contribution is -2.00. The highest BCUT2D eigenvalue weighted by Crippen LogP contribution is 2.43. The quantitative estimate of drug-likeness (QED) is 0.108. The smallest absolute Gasteiger partial charge is 0.164 e. The third kappa shape index (κ3) is 13.1. The second kappa shape index (κ2) is 30.8. The van der Waals surface area contributed by atoms with Gasteiger partial charge in [-0.2, -0.15) is 0 Å². The molecule has 0 atom stereocenters. The lowest BCUT2D eigenvalue weighted by molar-refractivity contribution is 1.07. The minimum absolute atomic E-state index is 0.643. The topological polar surface area (TPSA) is 97.1 Å². The van der Waals surface area contributed by atoms with Gasteiger partial charge in [0.2, 0.25) is 0 Å². The van der Waals surface area contributed by atoms with Gasteiger partial charge in [-0.25, -0.2) is 29.9 Å². The number of para-hydroxylation sites is 6. The summed E-state index contributed by atoms with van der Waals surface area (Å²) in [6.07, 6.45) is 0. The van der Waals surface area contributed by atoms with Gasteiger partial charge in [-0.15, -0.1) is 0 Å². The number of nitrogens with zero attached hydrogens (tertiary/aromatic N) is 10. The molecule has 0 fully saturated rings. The van der Waals surface area contributed by atoms with Crippen molar-refractivity contribution in [1.29, 1.82) is 0 Å². The molecular formula is C114H74N10. The maximum atomic E-state index is 4.94. The molecule has 24 aromatic rings. The van der Waals surface area contributed by atoms with Gasteiger partial charge < -0.3 is 18.3 Å². The van der Waals surface area contributed by atoms with Gasteiger partial charge in [0, 0.05) is 99.2 Å². The molecule has 0 aliphatic rings. The Labute approximate surface area is 715 Å². The van der Waals surface area contributed by atoms with Gasteiger partial charge in [0.25, 0.3) is 0 Å². The van der Waals surface area contributed by atoms with Crippen LogP contribution >= 0.6 is 0 Å². The van der Waals surface area contributed by atoms with Crippen molar-refractivity contribution in [3.8, 4) is 136 Å². The molecule has 10 nitrogen and oxygen atoms in total. The molecule has 0 aliphatic heterocycles. The van der Waals surface area contributed by atoms with E-state index < -0.39 is 0 Å². The molecule has 0 N–H and O–H groups in total. The predicted molar refractivity (Wildman–Crippen MR) is 511 cm³/mol. The lowest BCUT2D eigenvalue weighted by atomic mass is 10.0. The Kier molecular flexibility index (Phi) is 18.0. The molecule has 18 aromatic carbocycles. The van der Waals surface area contributed by atoms with Crippen LogP contribution in [0.4, 0.5) is 0 Å². The molecule has 0 aliphatic carbocycles. The Bertz CT molecular complexity index is 8030. The number of rotatable bonds is 14. The summed E-state index contributed by atoms with van der Waals surface area (Å²) in [6, 6.07) is 159. The van der Waals surface area contributed by atoms with E-state index in [-0.39, 0.29) is 0 Å². The summed E-state index contributed by atoms with van der Waals surface area (Å²) in [5.74, 6) is 3.90. The van der Waals surface area contributed by atoms with Crippen molar-refractivity contribution < 1.29 is 0 Å². The zero-order valence-corrected chi connectivity index (χ0v) is 67.2. The fourth-order valence-electron chi connectivity index (χ4n) is 18.0. The Morgan fingerprint density at radius 1 is 0.113 bits per heavy atom. The molecule has 6 aromatic heterocycles. The SMILES string of the molecule is c1ccc(-c2nc(-c3ccccc3)nc(-c3ccc(-c4ccc5c(c4)c4ccccc4n5-c4ccc(-c5ccc6c(c5)c5ccccc5n6-c5ccccc5)cc4)cc3)n2)cc1.c1ccc(-c2nc(-c3ccccc3)nc(-c3ccc(-c4ccc5c(c4)c4ccccc4n5-c4ccc(-c5ccc6c7ccccc7n(-c7ccccc7)c6c5)cc4)cc3)n2)cc1. The lowest BCUT2D eigenvalue weighted by Gasteiger charge is -2.11. The van der Waals surface area contributed by atoms with Crippen molar-refractivity contribution in [1.82, 2.24) is 48.2 Å². The summed E-state index contributed by atoms with van der Waals surface area (Å²) in [7, 11) is 0. The van der Waals surface area contributed by atoms with Crippen molar-refractivity contribution in [3.05, 3.63) is 449 Å². The minimum Gasteiger partial charge on any atom is -0.309 e. The van der Waals surface area contributed by atoms with Crippen molar-refractivity contribution in [3.63, 3.8) is 0 Å². The molecule has 124 heavy (non-hydrogen) atoms. The van der Waals surface area contributed by atoms with E-state index in [1.807, 2.05) is 121 Å². The van der Waals surface area contributed by atoms with Crippen LogP contribution in [0.3, 0.4) is 0 Å². The zero-order chi connectivity index (χ0) is 82.0. The van der Waals surface area contributed by atoms with Crippen LogP contribution in [0.15, 0.2) is 449 Å². The Morgan fingerprint density at radius 2 is 0.298 bits per heavy atom. The Balaban J connectivity index is 0.000000143. The second-order valence-corrected chi connectivity index (χ2v) is 31.3. The summed E-state index contributed by atoms with van der Waals surface area (Å²) in [4.78, 5) is 29.5. The molecule has 24 rings (SSSR count). The Morgan fingerprint density at radius 3 is 0.597 bits per heavy atom. The fourth-order valence-corrected chi connectivity index (χ4v) is 18.0. The monoisotopic (exact) mass is 1580 g/mol. The van der Waals surface area contributed by atoms with Crippen LogP contribution in [0, 0.1) is 0 Å². The highest BCUT2D eigenvalue weighted by Gasteiger charge is 2.22. The first kappa shape index (κ1) is 72.4. The highest BCUT2D eigenvalue weighted by molar-refractivity contribution is 6.14. The van der Waals surface area contributed by atoms with E-state index in [9.17, 15) is 0 Å². The molecule has 6 heterocycles. The van der Waals surface area contributed by atoms with Gasteiger partial charge in [0.05, 0.1) is 44.1 Å². The summed E-state index contributed by atoms with van der Waals surface area (Å²) >= 11 is 0. The Hall–Kier alpha value is -16.8. The van der Waals surface area contributed by atoms with E-state index in [1.54, 1.807) is 0 Å². The van der Waals surface area contributed by atoms with Crippen LogP contribution in [0.25, 0.3) is 223 Å². The molecular weight excluding hydrogens is 1510 g/mol. The third-order valence-corrected chi connectivity index (χ3v) is 24.0. The molecule has 580 valence electrons. The van der Waals surface area contributed by atoms with Crippen LogP contribution in [0.2, 0.25) is 0 Å². The van der Waals surface area contributed by atoms with Crippen LogP contribution in [0.1, 0.15) is 0 Å². The summed E-state index contributed by atoms with van der Waals surface area (Å²) in [5, 5.41) is 9.88. The van der Waals surface area contributed by atoms with Crippen LogP contribution in [-0.4, -0.2) is 48.2 Å². The molecule has 10 heteroatoms. The number of fused-ring (bicyclic) bond motifs is 12. The summed E-state index contributed by atoms with van der Waals surface area (Å²) in [5.41, 5.74) is 29.1. The van der Waals surface area contributed by atoms with Gasteiger partial charge in [0.15, 0.2) is 34.9 Å². The molecule has 0 spiro atoms. The molecule has 0 saturated carbocycles. The highest BCUT2D eigenvalue weighted by atomic mass is 15.1. The van der Waals surface area contributed by atoms with Crippen LogP contribution in [-0.2, 0) is 0 Å². The van der Waals surface area contributed by atoms with Crippen molar-refractivity contribution >= 4 is 87.2 Å². The van der Waals surface area contributed by atoms with E-state index in [0.29, 0.717) is 34.9 Å². The average Bonchev–Trinajstić information content (AvgIpc) is 1.58. The minimum atomic E-state index is 0.643. The molecule has 0 saturated heterocycles. The van der Waals surface area contributed by atoms with Gasteiger partial charge in [-0.05, 0) is 160 Å².